The van der Waals surface area contributed by atoms with Gasteiger partial charge in [0.25, 0.3) is 0 Å². The third kappa shape index (κ3) is 4.84. The van der Waals surface area contributed by atoms with Crippen molar-refractivity contribution in [3.63, 3.8) is 0 Å². The van der Waals surface area contributed by atoms with Crippen LogP contribution in [0.2, 0.25) is 0 Å². The normalized spacial score (nSPS) is 16.4. The first kappa shape index (κ1) is 20.8. The van der Waals surface area contributed by atoms with E-state index in [1.165, 1.54) is 7.11 Å². The molecule has 1 saturated heterocycles. The fourth-order valence-corrected chi connectivity index (χ4v) is 4.06. The summed E-state index contributed by atoms with van der Waals surface area (Å²) in [5.74, 6) is -0.242. The lowest BCUT2D eigenvalue weighted by molar-refractivity contribution is -0.142. The molecule has 1 fully saturated rings. The molecule has 1 aliphatic rings. The van der Waals surface area contributed by atoms with Crippen molar-refractivity contribution in [2.75, 3.05) is 31.7 Å². The number of rotatable bonds is 6. The van der Waals surface area contributed by atoms with Crippen LogP contribution in [-0.2, 0) is 20.7 Å². The van der Waals surface area contributed by atoms with Crippen LogP contribution in [-0.4, -0.2) is 49.6 Å². The Morgan fingerprint density at radius 1 is 0.935 bits per heavy atom. The molecule has 0 bridgehead atoms. The summed E-state index contributed by atoms with van der Waals surface area (Å²) in [7, 11) is 1.50. The van der Waals surface area contributed by atoms with Crippen LogP contribution in [0.25, 0.3) is 11.1 Å². The molecule has 31 heavy (non-hydrogen) atoms. The average Bonchev–Trinajstić information content (AvgIpc) is 2.81. The van der Waals surface area contributed by atoms with Crippen molar-refractivity contribution < 1.29 is 14.3 Å². The zero-order valence-corrected chi connectivity index (χ0v) is 17.6. The van der Waals surface area contributed by atoms with Crippen LogP contribution in [0.15, 0.2) is 84.9 Å². The molecule has 4 rings (SSSR count). The Morgan fingerprint density at radius 2 is 1.61 bits per heavy atom. The van der Waals surface area contributed by atoms with Gasteiger partial charge in [0.1, 0.15) is 13.2 Å². The Morgan fingerprint density at radius 3 is 2.32 bits per heavy atom. The SMILES string of the molecule is COCC(=O)N1CC(=O)N(c2cccc(-c3ccccc3)c2)CC1Cc1ccccc1. The summed E-state index contributed by atoms with van der Waals surface area (Å²) in [6, 6.07) is 28.1. The maximum absolute atomic E-state index is 13.1. The number of hydrogen-bond donors (Lipinski definition) is 0. The van der Waals surface area contributed by atoms with E-state index < -0.39 is 0 Å². The standard InChI is InChI=1S/C26H26N2O3/c1-31-19-26(30)28-18-25(29)27(17-24(28)15-20-9-4-2-5-10-20)23-14-8-13-22(16-23)21-11-6-3-7-12-21/h2-14,16,24H,15,17-19H2,1H3. The predicted octanol–water partition coefficient (Wildman–Crippen LogP) is 3.79. The first-order valence-corrected chi connectivity index (χ1v) is 10.4. The van der Waals surface area contributed by atoms with Crippen LogP contribution in [0.3, 0.4) is 0 Å². The molecule has 5 heteroatoms. The Hall–Kier alpha value is -3.44. The molecule has 0 saturated carbocycles. The Labute approximate surface area is 182 Å². The van der Waals surface area contributed by atoms with Crippen LogP contribution in [0.5, 0.6) is 0 Å². The maximum atomic E-state index is 13.1. The van der Waals surface area contributed by atoms with Crippen molar-refractivity contribution >= 4 is 17.5 Å². The van der Waals surface area contributed by atoms with Gasteiger partial charge < -0.3 is 14.5 Å². The van der Waals surface area contributed by atoms with Crippen molar-refractivity contribution in [3.05, 3.63) is 90.5 Å². The molecule has 3 aromatic rings. The highest BCUT2D eigenvalue weighted by Gasteiger charge is 2.35. The number of anilines is 1. The smallest absolute Gasteiger partial charge is 0.249 e. The lowest BCUT2D eigenvalue weighted by Gasteiger charge is -2.41. The molecule has 158 valence electrons. The quantitative estimate of drug-likeness (QED) is 0.617. The summed E-state index contributed by atoms with van der Waals surface area (Å²) >= 11 is 0. The number of carbonyl (C=O) groups is 2. The van der Waals surface area contributed by atoms with Crippen molar-refractivity contribution in [1.29, 1.82) is 0 Å². The van der Waals surface area contributed by atoms with Gasteiger partial charge in [0.2, 0.25) is 11.8 Å². The molecule has 1 aliphatic heterocycles. The molecular formula is C26H26N2O3. The van der Waals surface area contributed by atoms with Gasteiger partial charge in [-0.1, -0.05) is 72.8 Å². The highest BCUT2D eigenvalue weighted by molar-refractivity contribution is 5.98. The zero-order valence-electron chi connectivity index (χ0n) is 17.6. The summed E-state index contributed by atoms with van der Waals surface area (Å²) in [4.78, 5) is 29.2. The highest BCUT2D eigenvalue weighted by atomic mass is 16.5. The second-order valence-electron chi connectivity index (χ2n) is 7.72. The number of amides is 2. The molecule has 0 aromatic heterocycles. The Bertz CT molecular complexity index is 1040. The second kappa shape index (κ2) is 9.58. The lowest BCUT2D eigenvalue weighted by Crippen LogP contribution is -2.59. The number of piperazine rings is 1. The molecule has 0 radical (unpaired) electrons. The van der Waals surface area contributed by atoms with Crippen molar-refractivity contribution in [3.8, 4) is 11.1 Å². The fourth-order valence-electron chi connectivity index (χ4n) is 4.06. The van der Waals surface area contributed by atoms with E-state index in [1.54, 1.807) is 9.80 Å². The summed E-state index contributed by atoms with van der Waals surface area (Å²) in [5, 5.41) is 0. The van der Waals surface area contributed by atoms with Crippen LogP contribution >= 0.6 is 0 Å². The molecule has 0 N–H and O–H groups in total. The van der Waals surface area contributed by atoms with E-state index in [4.69, 9.17) is 4.74 Å². The van der Waals surface area contributed by atoms with E-state index in [1.807, 2.05) is 60.7 Å². The summed E-state index contributed by atoms with van der Waals surface area (Å²) in [6.45, 7) is 0.471. The van der Waals surface area contributed by atoms with Gasteiger partial charge in [0, 0.05) is 19.3 Å². The number of ether oxygens (including phenoxy) is 1. The van der Waals surface area contributed by atoms with Gasteiger partial charge in [0.05, 0.1) is 6.04 Å². The van der Waals surface area contributed by atoms with Crippen molar-refractivity contribution in [1.82, 2.24) is 4.90 Å². The summed E-state index contributed by atoms with van der Waals surface area (Å²) < 4.78 is 5.05. The minimum absolute atomic E-state index is 0.0257. The number of carbonyl (C=O) groups excluding carboxylic acids is 2. The number of hydrogen-bond acceptors (Lipinski definition) is 3. The minimum atomic E-state index is -0.158. The minimum Gasteiger partial charge on any atom is -0.375 e. The van der Waals surface area contributed by atoms with Crippen molar-refractivity contribution in [2.45, 2.75) is 12.5 Å². The van der Waals surface area contributed by atoms with Gasteiger partial charge in [-0.05, 0) is 35.2 Å². The molecule has 0 aliphatic carbocycles. The first-order chi connectivity index (χ1) is 15.2. The summed E-state index contributed by atoms with van der Waals surface area (Å²) in [5.41, 5.74) is 4.15. The lowest BCUT2D eigenvalue weighted by atomic mass is 10.00. The maximum Gasteiger partial charge on any atom is 0.249 e. The topological polar surface area (TPSA) is 49.9 Å². The van der Waals surface area contributed by atoms with E-state index in [2.05, 4.69) is 24.3 Å². The number of methoxy groups -OCH3 is 1. The van der Waals surface area contributed by atoms with Crippen LogP contribution in [0.1, 0.15) is 5.56 Å². The molecule has 1 unspecified atom stereocenters. The average molecular weight is 415 g/mol. The number of benzene rings is 3. The van der Waals surface area contributed by atoms with Crippen LogP contribution in [0, 0.1) is 0 Å². The van der Waals surface area contributed by atoms with Gasteiger partial charge >= 0.3 is 0 Å². The Kier molecular flexibility index (Phi) is 6.43. The van der Waals surface area contributed by atoms with E-state index in [0.717, 1.165) is 22.4 Å². The van der Waals surface area contributed by atoms with E-state index >= 15 is 0 Å². The van der Waals surface area contributed by atoms with Gasteiger partial charge in [0.15, 0.2) is 0 Å². The van der Waals surface area contributed by atoms with Gasteiger partial charge in [-0.3, -0.25) is 9.59 Å². The fraction of sp³-hybridized carbons (Fsp3) is 0.231. The molecule has 5 nitrogen and oxygen atoms in total. The molecule has 1 heterocycles. The first-order valence-electron chi connectivity index (χ1n) is 10.4. The molecule has 3 aromatic carbocycles. The zero-order chi connectivity index (χ0) is 21.6. The highest BCUT2D eigenvalue weighted by Crippen LogP contribution is 2.27. The van der Waals surface area contributed by atoms with Gasteiger partial charge in [-0.2, -0.15) is 0 Å². The number of nitrogens with zero attached hydrogens (tertiary/aromatic N) is 2. The molecule has 1 atom stereocenters. The van der Waals surface area contributed by atoms with Crippen molar-refractivity contribution in [2.24, 2.45) is 0 Å². The summed E-state index contributed by atoms with van der Waals surface area (Å²) in [6.07, 6.45) is 0.679. The van der Waals surface area contributed by atoms with Crippen LogP contribution in [0.4, 0.5) is 5.69 Å². The van der Waals surface area contributed by atoms with E-state index in [9.17, 15) is 9.59 Å². The molecule has 2 amide bonds. The van der Waals surface area contributed by atoms with Gasteiger partial charge in [-0.25, -0.2) is 0 Å². The van der Waals surface area contributed by atoms with Crippen LogP contribution < -0.4 is 4.90 Å². The van der Waals surface area contributed by atoms with E-state index in [0.29, 0.717) is 13.0 Å². The van der Waals surface area contributed by atoms with E-state index in [-0.39, 0.29) is 31.0 Å². The molecular weight excluding hydrogens is 388 g/mol. The Balaban J connectivity index is 1.62. The predicted molar refractivity (Wildman–Crippen MR) is 122 cm³/mol. The largest absolute Gasteiger partial charge is 0.375 e. The third-order valence-corrected chi connectivity index (χ3v) is 5.61. The molecule has 0 spiro atoms. The third-order valence-electron chi connectivity index (χ3n) is 5.61. The monoisotopic (exact) mass is 414 g/mol. The van der Waals surface area contributed by atoms with Gasteiger partial charge in [-0.15, -0.1) is 0 Å². The second-order valence-corrected chi connectivity index (χ2v) is 7.72.